The fourth-order valence-corrected chi connectivity index (χ4v) is 8.62. The molecule has 0 bridgehead atoms. The Hall–Kier alpha value is -1.27. The highest BCUT2D eigenvalue weighted by Gasteiger charge is 2.58. The number of hydrogen-bond donors (Lipinski definition) is 1. The number of carbonyl (C=O) groups is 1. The van der Waals surface area contributed by atoms with Crippen molar-refractivity contribution in [3.63, 3.8) is 0 Å². The predicted octanol–water partition coefficient (Wildman–Crippen LogP) is 7.31. The lowest BCUT2D eigenvalue weighted by atomic mass is 9.47. The quantitative estimate of drug-likeness (QED) is 0.142. The van der Waals surface area contributed by atoms with Gasteiger partial charge in [0, 0.05) is 12.3 Å². The highest BCUT2D eigenvalue weighted by Crippen LogP contribution is 2.66. The number of esters is 1. The van der Waals surface area contributed by atoms with E-state index in [0.29, 0.717) is 10.8 Å². The van der Waals surface area contributed by atoms with E-state index in [4.69, 9.17) is 11.2 Å². The SMILES string of the molecule is C#CC(=O)OC1CCC2(C)C(=CCC3C2CCC2(C)C(CCCCC(C)C)CCC32)C1.C1CNC1. The minimum absolute atomic E-state index is 0.0185. The van der Waals surface area contributed by atoms with Crippen molar-refractivity contribution in [3.05, 3.63) is 11.6 Å². The Bertz CT molecular complexity index is 801. The van der Waals surface area contributed by atoms with Crippen LogP contribution in [0.4, 0.5) is 0 Å². The summed E-state index contributed by atoms with van der Waals surface area (Å²) in [5.74, 6) is 5.99. The summed E-state index contributed by atoms with van der Waals surface area (Å²) < 4.78 is 5.52. The van der Waals surface area contributed by atoms with E-state index < -0.39 is 5.97 Å². The fraction of sp³-hybridized carbons (Fsp3) is 0.844. The summed E-state index contributed by atoms with van der Waals surface area (Å²) in [6, 6.07) is 0. The van der Waals surface area contributed by atoms with Crippen molar-refractivity contribution in [3.8, 4) is 12.3 Å². The number of allylic oxidation sites excluding steroid dienone is 1. The van der Waals surface area contributed by atoms with Crippen LogP contribution in [0.1, 0.15) is 111 Å². The van der Waals surface area contributed by atoms with Crippen LogP contribution in [-0.2, 0) is 9.53 Å². The molecule has 3 heteroatoms. The van der Waals surface area contributed by atoms with Crippen LogP contribution in [0.3, 0.4) is 0 Å². The number of rotatable bonds is 6. The average molecular weight is 482 g/mol. The Balaban J connectivity index is 0.000000656. The monoisotopic (exact) mass is 481 g/mol. The van der Waals surface area contributed by atoms with Gasteiger partial charge in [0.05, 0.1) is 0 Å². The third-order valence-electron chi connectivity index (χ3n) is 10.9. The van der Waals surface area contributed by atoms with Crippen molar-refractivity contribution in [1.82, 2.24) is 5.32 Å². The Labute approximate surface area is 215 Å². The smallest absolute Gasteiger partial charge is 0.384 e. The number of nitrogens with one attached hydrogen (secondary N) is 1. The maximum Gasteiger partial charge on any atom is 0.384 e. The maximum absolute atomic E-state index is 11.6. The van der Waals surface area contributed by atoms with Gasteiger partial charge in [-0.25, -0.2) is 4.79 Å². The van der Waals surface area contributed by atoms with Crippen molar-refractivity contribution < 1.29 is 9.53 Å². The molecule has 0 aromatic heterocycles. The molecule has 1 heterocycles. The highest BCUT2D eigenvalue weighted by atomic mass is 16.5. The first-order chi connectivity index (χ1) is 16.8. The van der Waals surface area contributed by atoms with E-state index >= 15 is 0 Å². The molecule has 4 aliphatic carbocycles. The van der Waals surface area contributed by atoms with Gasteiger partial charge in [-0.15, -0.1) is 6.42 Å². The van der Waals surface area contributed by atoms with E-state index in [1.54, 1.807) is 5.57 Å². The zero-order chi connectivity index (χ0) is 25.1. The van der Waals surface area contributed by atoms with E-state index in [1.165, 1.54) is 77.3 Å². The molecule has 0 amide bonds. The standard InChI is InChI=1S/C29H44O2.C3H7N/c1-6-27(30)31-23-15-17-29(5)22(19-23)11-13-24-25-14-12-21(10-8-7-9-20(2)3)28(25,4)18-16-26(24)29;1-2-4-3-1/h1,11,20-21,23-26H,7-10,12-19H2,2-5H3;4H,1-3H2. The molecule has 3 saturated carbocycles. The van der Waals surface area contributed by atoms with E-state index in [1.807, 2.05) is 0 Å². The second-order valence-electron chi connectivity index (χ2n) is 13.3. The number of terminal acetylenes is 1. The van der Waals surface area contributed by atoms with E-state index in [0.717, 1.165) is 48.9 Å². The summed E-state index contributed by atoms with van der Waals surface area (Å²) in [4.78, 5) is 11.6. The van der Waals surface area contributed by atoms with Crippen LogP contribution in [0.2, 0.25) is 0 Å². The molecule has 35 heavy (non-hydrogen) atoms. The van der Waals surface area contributed by atoms with Crippen molar-refractivity contribution in [2.75, 3.05) is 13.1 Å². The van der Waals surface area contributed by atoms with Crippen molar-refractivity contribution in [1.29, 1.82) is 0 Å². The Morgan fingerprint density at radius 1 is 1.14 bits per heavy atom. The van der Waals surface area contributed by atoms with Crippen LogP contribution in [0.15, 0.2) is 11.6 Å². The van der Waals surface area contributed by atoms with Crippen LogP contribution in [-0.4, -0.2) is 25.2 Å². The highest BCUT2D eigenvalue weighted by molar-refractivity contribution is 5.87. The minimum Gasteiger partial charge on any atom is -0.452 e. The van der Waals surface area contributed by atoms with Crippen molar-refractivity contribution in [2.45, 2.75) is 117 Å². The average Bonchev–Trinajstić information content (AvgIpc) is 3.12. The van der Waals surface area contributed by atoms with Gasteiger partial charge >= 0.3 is 5.97 Å². The summed E-state index contributed by atoms with van der Waals surface area (Å²) in [6.45, 7) is 12.4. The Kier molecular flexibility index (Phi) is 8.73. The molecule has 1 N–H and O–H groups in total. The zero-order valence-electron chi connectivity index (χ0n) is 23.0. The van der Waals surface area contributed by atoms with E-state index in [-0.39, 0.29) is 6.10 Å². The van der Waals surface area contributed by atoms with Gasteiger partial charge in [-0.05, 0) is 111 Å². The van der Waals surface area contributed by atoms with Crippen LogP contribution in [0.25, 0.3) is 0 Å². The summed E-state index contributed by atoms with van der Waals surface area (Å²) in [6.07, 6.45) is 24.8. The van der Waals surface area contributed by atoms with Crippen LogP contribution in [0.5, 0.6) is 0 Å². The lowest BCUT2D eigenvalue weighted by molar-refractivity contribution is -0.144. The third kappa shape index (κ3) is 5.69. The molecule has 7 atom stereocenters. The summed E-state index contributed by atoms with van der Waals surface area (Å²) >= 11 is 0. The minimum atomic E-state index is -0.498. The molecule has 7 unspecified atom stereocenters. The van der Waals surface area contributed by atoms with E-state index in [9.17, 15) is 4.79 Å². The predicted molar refractivity (Wildman–Crippen MR) is 145 cm³/mol. The van der Waals surface area contributed by atoms with Crippen molar-refractivity contribution >= 4 is 5.97 Å². The van der Waals surface area contributed by atoms with Crippen molar-refractivity contribution in [2.24, 2.45) is 40.4 Å². The van der Waals surface area contributed by atoms with Gasteiger partial charge in [-0.1, -0.05) is 58.6 Å². The second-order valence-corrected chi connectivity index (χ2v) is 13.3. The first kappa shape index (κ1) is 26.8. The third-order valence-corrected chi connectivity index (χ3v) is 10.9. The normalized spacial score (nSPS) is 39.5. The number of ether oxygens (including phenoxy) is 1. The molecule has 5 rings (SSSR count). The first-order valence-electron chi connectivity index (χ1n) is 14.9. The number of hydrogen-bond acceptors (Lipinski definition) is 3. The van der Waals surface area contributed by atoms with Gasteiger partial charge in [-0.3, -0.25) is 0 Å². The molecule has 5 aliphatic rings. The fourth-order valence-electron chi connectivity index (χ4n) is 8.62. The van der Waals surface area contributed by atoms with E-state index in [2.05, 4.69) is 45.0 Å². The molecule has 0 spiro atoms. The number of carbonyl (C=O) groups excluding carboxylic acids is 1. The van der Waals surface area contributed by atoms with Crippen LogP contribution in [0, 0.1) is 52.8 Å². The van der Waals surface area contributed by atoms with Gasteiger partial charge < -0.3 is 10.1 Å². The largest absolute Gasteiger partial charge is 0.452 e. The van der Waals surface area contributed by atoms with Gasteiger partial charge in [0.1, 0.15) is 6.10 Å². The molecule has 1 aliphatic heterocycles. The molecule has 3 nitrogen and oxygen atoms in total. The van der Waals surface area contributed by atoms with Gasteiger partial charge in [0.15, 0.2) is 0 Å². The zero-order valence-corrected chi connectivity index (χ0v) is 23.0. The maximum atomic E-state index is 11.6. The summed E-state index contributed by atoms with van der Waals surface area (Å²) in [5.41, 5.74) is 2.43. The first-order valence-corrected chi connectivity index (χ1v) is 14.9. The molecular formula is C32H51NO2. The molecular weight excluding hydrogens is 430 g/mol. The molecule has 0 radical (unpaired) electrons. The number of unbranched alkanes of at least 4 members (excludes halogenated alkanes) is 1. The van der Waals surface area contributed by atoms with Gasteiger partial charge in [0.25, 0.3) is 0 Å². The summed E-state index contributed by atoms with van der Waals surface area (Å²) in [7, 11) is 0. The summed E-state index contributed by atoms with van der Waals surface area (Å²) in [5, 5.41) is 3.11. The molecule has 0 aromatic carbocycles. The lowest BCUT2D eigenvalue weighted by Gasteiger charge is -2.58. The second kappa shape index (κ2) is 11.4. The molecule has 0 aromatic rings. The number of fused-ring (bicyclic) bond motifs is 5. The molecule has 4 fully saturated rings. The lowest BCUT2D eigenvalue weighted by Crippen LogP contribution is -2.50. The van der Waals surface area contributed by atoms with Gasteiger partial charge in [-0.2, -0.15) is 0 Å². The van der Waals surface area contributed by atoms with Crippen LogP contribution >= 0.6 is 0 Å². The topological polar surface area (TPSA) is 38.3 Å². The van der Waals surface area contributed by atoms with Crippen LogP contribution < -0.4 is 5.32 Å². The Morgan fingerprint density at radius 3 is 2.54 bits per heavy atom. The molecule has 196 valence electrons. The Morgan fingerprint density at radius 2 is 1.89 bits per heavy atom. The van der Waals surface area contributed by atoms with Gasteiger partial charge in [0.2, 0.25) is 0 Å². The molecule has 1 saturated heterocycles.